The minimum atomic E-state index is -4.95. The highest BCUT2D eigenvalue weighted by Gasteiger charge is 2.47. The number of hydrogen-bond acceptors (Lipinski definition) is 4. The zero-order valence-electron chi connectivity index (χ0n) is 12.9. The first kappa shape index (κ1) is 22.2. The van der Waals surface area contributed by atoms with Crippen LogP contribution in [0.2, 0.25) is 0 Å². The molecule has 2 unspecified atom stereocenters. The quantitative estimate of drug-likeness (QED) is 0.281. The lowest BCUT2D eigenvalue weighted by molar-refractivity contribution is -0.144. The molecule has 0 radical (unpaired) electrons. The molecule has 0 bridgehead atoms. The highest BCUT2D eigenvalue weighted by atomic mass is 31.2. The Hall–Kier alpha value is -0.790. The number of carboxylic acids is 1. The average molecular weight is 371 g/mol. The molecule has 0 saturated heterocycles. The van der Waals surface area contributed by atoms with E-state index in [2.05, 4.69) is 13.2 Å². The third-order valence-corrected chi connectivity index (χ3v) is 5.39. The van der Waals surface area contributed by atoms with Gasteiger partial charge in [-0.1, -0.05) is 26.0 Å². The maximum Gasteiger partial charge on any atom is 0.346 e. The van der Waals surface area contributed by atoms with Gasteiger partial charge in [0.05, 0.1) is 0 Å². The Bertz CT molecular complexity index is 503. The van der Waals surface area contributed by atoms with Crippen molar-refractivity contribution in [1.82, 2.24) is 4.90 Å². The van der Waals surface area contributed by atoms with Crippen molar-refractivity contribution in [3.63, 3.8) is 0 Å². The fraction of sp³-hybridized carbons (Fsp3) is 0.583. The van der Waals surface area contributed by atoms with Crippen LogP contribution in [0.4, 0.5) is 0 Å². The van der Waals surface area contributed by atoms with Crippen LogP contribution in [-0.2, 0) is 13.9 Å². The summed E-state index contributed by atoms with van der Waals surface area (Å²) in [6.07, 6.45) is 1.48. The summed E-state index contributed by atoms with van der Waals surface area (Å²) < 4.78 is 23.3. The van der Waals surface area contributed by atoms with Gasteiger partial charge < -0.3 is 24.7 Å². The molecule has 0 aliphatic carbocycles. The normalized spacial score (nSPS) is 16.9. The van der Waals surface area contributed by atoms with E-state index in [4.69, 9.17) is 0 Å². The monoisotopic (exact) mass is 371 g/mol. The van der Waals surface area contributed by atoms with Crippen molar-refractivity contribution in [2.75, 3.05) is 0 Å². The second-order valence-electron chi connectivity index (χ2n) is 5.41. The first-order valence-corrected chi connectivity index (χ1v) is 9.99. The molecule has 0 aliphatic heterocycles. The van der Waals surface area contributed by atoms with Crippen LogP contribution in [0, 0.1) is 5.92 Å². The van der Waals surface area contributed by atoms with Gasteiger partial charge in [0.15, 0.2) is 0 Å². The van der Waals surface area contributed by atoms with Crippen molar-refractivity contribution in [3.05, 3.63) is 25.3 Å². The Morgan fingerprint density at radius 2 is 1.39 bits per heavy atom. The molecular weight excluding hydrogens is 348 g/mol. The molecule has 0 aromatic rings. The Balaban J connectivity index is 6.30. The molecule has 0 aromatic heterocycles. The summed E-state index contributed by atoms with van der Waals surface area (Å²) in [4.78, 5) is 49.9. The van der Waals surface area contributed by atoms with Crippen LogP contribution in [0.5, 0.6) is 0 Å². The number of rotatable bonds is 10. The highest BCUT2D eigenvalue weighted by molar-refractivity contribution is 7.53. The predicted molar refractivity (Wildman–Crippen MR) is 84.8 cm³/mol. The van der Waals surface area contributed by atoms with Gasteiger partial charge in [0, 0.05) is 0 Å². The molecule has 11 heteroatoms. The molecule has 0 amide bonds. The largest absolute Gasteiger partial charge is 0.480 e. The molecule has 0 fully saturated rings. The number of carbonyl (C=O) groups is 1. The molecular formula is C12H23NO8P2. The van der Waals surface area contributed by atoms with Crippen LogP contribution in [0.3, 0.4) is 0 Å². The van der Waals surface area contributed by atoms with E-state index in [1.165, 1.54) is 0 Å². The highest BCUT2D eigenvalue weighted by Crippen LogP contribution is 2.52. The summed E-state index contributed by atoms with van der Waals surface area (Å²) in [6.45, 7) is 9.86. The summed E-state index contributed by atoms with van der Waals surface area (Å²) in [7, 11) is -9.90. The summed E-state index contributed by atoms with van der Waals surface area (Å²) in [5, 5.41) is 9.40. The van der Waals surface area contributed by atoms with Crippen molar-refractivity contribution in [2.24, 2.45) is 5.92 Å². The fourth-order valence-electron chi connectivity index (χ4n) is 2.19. The van der Waals surface area contributed by atoms with Gasteiger partial charge in [-0.3, -0.25) is 18.8 Å². The molecule has 9 nitrogen and oxygen atoms in total. The van der Waals surface area contributed by atoms with E-state index in [1.54, 1.807) is 13.8 Å². The summed E-state index contributed by atoms with van der Waals surface area (Å²) in [6, 6.07) is -1.54. The van der Waals surface area contributed by atoms with Crippen LogP contribution >= 0.6 is 15.2 Å². The zero-order valence-corrected chi connectivity index (χ0v) is 14.7. The van der Waals surface area contributed by atoms with E-state index in [-0.39, 0.29) is 12.3 Å². The minimum absolute atomic E-state index is 0.0794. The fourth-order valence-corrected chi connectivity index (χ4v) is 4.15. The number of aliphatic carboxylic acids is 1. The lowest BCUT2D eigenvalue weighted by Gasteiger charge is -2.39. The van der Waals surface area contributed by atoms with Crippen molar-refractivity contribution in [3.8, 4) is 0 Å². The second kappa shape index (κ2) is 8.35. The van der Waals surface area contributed by atoms with Crippen LogP contribution in [0.25, 0.3) is 0 Å². The van der Waals surface area contributed by atoms with Gasteiger partial charge in [-0.25, -0.2) is 0 Å². The van der Waals surface area contributed by atoms with Crippen molar-refractivity contribution in [2.45, 2.75) is 37.9 Å². The van der Waals surface area contributed by atoms with Gasteiger partial charge in [-0.2, -0.15) is 0 Å². The van der Waals surface area contributed by atoms with Crippen LogP contribution < -0.4 is 0 Å². The van der Waals surface area contributed by atoms with E-state index in [1.807, 2.05) is 0 Å². The SMILES string of the molecule is C=CC(N(C(C=C)P(=O)(O)O)[C@@H](CC(C)C)C(=O)O)P(=O)(O)O. The maximum absolute atomic E-state index is 11.7. The van der Waals surface area contributed by atoms with Crippen molar-refractivity contribution in [1.29, 1.82) is 0 Å². The molecule has 0 heterocycles. The lowest BCUT2D eigenvalue weighted by atomic mass is 10.0. The minimum Gasteiger partial charge on any atom is -0.480 e. The average Bonchev–Trinajstić information content (AvgIpc) is 2.32. The van der Waals surface area contributed by atoms with Gasteiger partial charge >= 0.3 is 21.2 Å². The molecule has 0 spiro atoms. The van der Waals surface area contributed by atoms with E-state index in [9.17, 15) is 38.6 Å². The summed E-state index contributed by atoms with van der Waals surface area (Å²) in [5.41, 5.74) is 0. The topological polar surface area (TPSA) is 156 Å². The Morgan fingerprint density at radius 1 is 1.04 bits per heavy atom. The van der Waals surface area contributed by atoms with E-state index >= 15 is 0 Å². The van der Waals surface area contributed by atoms with Crippen molar-refractivity contribution < 1.29 is 38.6 Å². The number of carboxylic acid groups (broad SMARTS) is 1. The Morgan fingerprint density at radius 3 is 1.57 bits per heavy atom. The molecule has 0 saturated carbocycles. The lowest BCUT2D eigenvalue weighted by Crippen LogP contribution is -2.51. The summed E-state index contributed by atoms with van der Waals surface area (Å²) >= 11 is 0. The molecule has 0 aromatic carbocycles. The van der Waals surface area contributed by atoms with Gasteiger partial charge in [0.1, 0.15) is 17.6 Å². The Kier molecular flexibility index (Phi) is 8.06. The van der Waals surface area contributed by atoms with Crippen LogP contribution in [0.15, 0.2) is 25.3 Å². The van der Waals surface area contributed by atoms with E-state index in [0.717, 1.165) is 12.2 Å². The second-order valence-corrected chi connectivity index (χ2v) is 8.82. The molecule has 23 heavy (non-hydrogen) atoms. The van der Waals surface area contributed by atoms with E-state index < -0.39 is 38.8 Å². The predicted octanol–water partition coefficient (Wildman–Crippen LogP) is 1.17. The maximum atomic E-state index is 11.7. The molecule has 5 N–H and O–H groups in total. The number of hydrogen-bond donors (Lipinski definition) is 5. The third kappa shape index (κ3) is 6.31. The molecule has 0 aliphatic rings. The molecule has 3 atom stereocenters. The van der Waals surface area contributed by atoms with Gasteiger partial charge in [0.2, 0.25) is 0 Å². The third-order valence-electron chi connectivity index (χ3n) is 3.06. The molecule has 134 valence electrons. The first-order chi connectivity index (χ1) is 10.3. The van der Waals surface area contributed by atoms with Crippen molar-refractivity contribution >= 4 is 21.2 Å². The van der Waals surface area contributed by atoms with Crippen LogP contribution in [-0.4, -0.2) is 53.2 Å². The smallest absolute Gasteiger partial charge is 0.346 e. The Labute approximate surface area is 134 Å². The zero-order chi connectivity index (χ0) is 18.6. The van der Waals surface area contributed by atoms with Gasteiger partial charge in [0.25, 0.3) is 0 Å². The standard InChI is InChI=1S/C12H23NO8P2/c1-5-10(22(16,17)18)13(11(6-2)23(19,20)21)9(12(14)15)7-8(3)4/h5-6,8-11H,1-2,7H2,3-4H3,(H,14,15)(H2,16,17,18)(H2,19,20,21)/t9-,10?,11?/m0/s1. The van der Waals surface area contributed by atoms with Gasteiger partial charge in [-0.05, 0) is 12.3 Å². The number of nitrogens with zero attached hydrogens (tertiary/aromatic N) is 1. The first-order valence-electron chi connectivity index (χ1n) is 6.63. The summed E-state index contributed by atoms with van der Waals surface area (Å²) in [5.74, 6) is -5.42. The van der Waals surface area contributed by atoms with E-state index in [0.29, 0.717) is 4.90 Å². The van der Waals surface area contributed by atoms with Crippen LogP contribution in [0.1, 0.15) is 20.3 Å². The molecule has 0 rings (SSSR count). The van der Waals surface area contributed by atoms with Gasteiger partial charge in [-0.15, -0.1) is 13.2 Å².